The zero-order chi connectivity index (χ0) is 11.7. The van der Waals surface area contributed by atoms with Crippen LogP contribution in [-0.4, -0.2) is 18.5 Å². The van der Waals surface area contributed by atoms with E-state index in [1.807, 2.05) is 0 Å². The van der Waals surface area contributed by atoms with Crippen LogP contribution in [0.4, 0.5) is 0 Å². The first-order valence-electron chi connectivity index (χ1n) is 6.77. The molecule has 0 aromatic heterocycles. The molecule has 0 radical (unpaired) electrons. The van der Waals surface area contributed by atoms with Crippen molar-refractivity contribution in [2.45, 2.75) is 37.0 Å². The van der Waals surface area contributed by atoms with E-state index < -0.39 is 0 Å². The number of nitrogens with one attached hydrogen (secondary N) is 1. The maximum absolute atomic E-state index is 6.28. The van der Waals surface area contributed by atoms with Crippen LogP contribution in [0.5, 0.6) is 0 Å². The predicted molar refractivity (Wildman–Crippen MR) is 72.7 cm³/mol. The predicted octanol–water partition coefficient (Wildman–Crippen LogP) is 3.32. The molecule has 2 heteroatoms. The van der Waals surface area contributed by atoms with Crippen molar-refractivity contribution in [3.63, 3.8) is 0 Å². The van der Waals surface area contributed by atoms with Gasteiger partial charge in [0.2, 0.25) is 0 Å². The van der Waals surface area contributed by atoms with Crippen LogP contribution in [0.25, 0.3) is 0 Å². The SMILES string of the molecule is ClC1CCCC1CNCC1Cc2ccccc21. The molecule has 3 unspecified atom stereocenters. The monoisotopic (exact) mass is 249 g/mol. The Balaban J connectivity index is 1.45. The van der Waals surface area contributed by atoms with E-state index in [0.29, 0.717) is 11.3 Å². The molecule has 1 fully saturated rings. The third-order valence-corrected chi connectivity index (χ3v) is 4.90. The minimum atomic E-state index is 0.413. The van der Waals surface area contributed by atoms with E-state index in [1.165, 1.54) is 31.2 Å². The maximum atomic E-state index is 6.28. The molecule has 0 heterocycles. The van der Waals surface area contributed by atoms with Crippen molar-refractivity contribution in [2.75, 3.05) is 13.1 Å². The lowest BCUT2D eigenvalue weighted by atomic mass is 9.77. The van der Waals surface area contributed by atoms with Crippen LogP contribution in [0.1, 0.15) is 36.3 Å². The van der Waals surface area contributed by atoms with Crippen molar-refractivity contribution < 1.29 is 0 Å². The Morgan fingerprint density at radius 2 is 2.06 bits per heavy atom. The number of benzene rings is 1. The second-order valence-electron chi connectivity index (χ2n) is 5.47. The van der Waals surface area contributed by atoms with Gasteiger partial charge in [0.15, 0.2) is 0 Å². The van der Waals surface area contributed by atoms with Crippen molar-refractivity contribution >= 4 is 11.6 Å². The number of alkyl halides is 1. The Morgan fingerprint density at radius 3 is 2.82 bits per heavy atom. The molecule has 1 saturated carbocycles. The number of hydrogen-bond acceptors (Lipinski definition) is 1. The summed E-state index contributed by atoms with van der Waals surface area (Å²) >= 11 is 6.28. The molecule has 0 saturated heterocycles. The van der Waals surface area contributed by atoms with Crippen LogP contribution in [-0.2, 0) is 6.42 Å². The number of fused-ring (bicyclic) bond motifs is 1. The first-order chi connectivity index (χ1) is 8.34. The van der Waals surface area contributed by atoms with Gasteiger partial charge in [-0.25, -0.2) is 0 Å². The lowest BCUT2D eigenvalue weighted by molar-refractivity contribution is 0.459. The van der Waals surface area contributed by atoms with Gasteiger partial charge in [-0.2, -0.15) is 0 Å². The van der Waals surface area contributed by atoms with E-state index in [1.54, 1.807) is 5.56 Å². The van der Waals surface area contributed by atoms with Gasteiger partial charge >= 0.3 is 0 Å². The Kier molecular flexibility index (Phi) is 3.39. The molecule has 0 spiro atoms. The van der Waals surface area contributed by atoms with E-state index in [9.17, 15) is 0 Å². The molecule has 1 nitrogen and oxygen atoms in total. The van der Waals surface area contributed by atoms with Crippen LogP contribution in [0.15, 0.2) is 24.3 Å². The lowest BCUT2D eigenvalue weighted by Crippen LogP contribution is -2.33. The van der Waals surface area contributed by atoms with Gasteiger partial charge in [-0.15, -0.1) is 11.6 Å². The molecule has 1 N–H and O–H groups in total. The summed E-state index contributed by atoms with van der Waals surface area (Å²) in [5.41, 5.74) is 3.09. The third kappa shape index (κ3) is 2.36. The first-order valence-corrected chi connectivity index (χ1v) is 7.21. The van der Waals surface area contributed by atoms with Gasteiger partial charge in [0.05, 0.1) is 0 Å². The molecule has 3 atom stereocenters. The summed E-state index contributed by atoms with van der Waals surface area (Å²) < 4.78 is 0. The fraction of sp³-hybridized carbons (Fsp3) is 0.600. The summed E-state index contributed by atoms with van der Waals surface area (Å²) in [6.07, 6.45) is 5.08. The number of rotatable bonds is 4. The molecule has 0 bridgehead atoms. The van der Waals surface area contributed by atoms with Crippen molar-refractivity contribution in [3.05, 3.63) is 35.4 Å². The van der Waals surface area contributed by atoms with Gasteiger partial charge in [-0.1, -0.05) is 30.7 Å². The first kappa shape index (κ1) is 11.6. The molecule has 0 amide bonds. The second-order valence-corrected chi connectivity index (χ2v) is 6.03. The summed E-state index contributed by atoms with van der Waals surface area (Å²) in [6.45, 7) is 2.23. The average Bonchev–Trinajstić information content (AvgIpc) is 2.71. The number of hydrogen-bond donors (Lipinski definition) is 1. The lowest BCUT2D eigenvalue weighted by Gasteiger charge is -2.30. The Hall–Kier alpha value is -0.530. The van der Waals surface area contributed by atoms with Crippen LogP contribution in [0, 0.1) is 5.92 Å². The van der Waals surface area contributed by atoms with E-state index in [-0.39, 0.29) is 0 Å². The largest absolute Gasteiger partial charge is 0.316 e. The summed E-state index contributed by atoms with van der Waals surface area (Å²) in [6, 6.07) is 8.80. The normalized spacial score (nSPS) is 31.0. The summed E-state index contributed by atoms with van der Waals surface area (Å²) in [5.74, 6) is 1.44. The van der Waals surface area contributed by atoms with Crippen molar-refractivity contribution in [1.82, 2.24) is 5.32 Å². The minimum Gasteiger partial charge on any atom is -0.316 e. The fourth-order valence-corrected chi connectivity index (χ4v) is 3.58. The second kappa shape index (κ2) is 4.99. The van der Waals surface area contributed by atoms with E-state index in [2.05, 4.69) is 29.6 Å². The summed E-state index contributed by atoms with van der Waals surface area (Å²) in [5, 5.41) is 4.03. The number of halogens is 1. The average molecular weight is 250 g/mol. The van der Waals surface area contributed by atoms with Crippen molar-refractivity contribution in [2.24, 2.45) is 5.92 Å². The Morgan fingerprint density at radius 1 is 1.18 bits per heavy atom. The minimum absolute atomic E-state index is 0.413. The van der Waals surface area contributed by atoms with Crippen LogP contribution >= 0.6 is 11.6 Å². The molecule has 3 rings (SSSR count). The zero-order valence-electron chi connectivity index (χ0n) is 10.2. The highest BCUT2D eigenvalue weighted by molar-refractivity contribution is 6.20. The molecule has 1 aromatic carbocycles. The highest BCUT2D eigenvalue weighted by atomic mass is 35.5. The Labute approximate surface area is 109 Å². The van der Waals surface area contributed by atoms with Gasteiger partial charge in [0, 0.05) is 17.8 Å². The smallest absolute Gasteiger partial charge is 0.0376 e. The van der Waals surface area contributed by atoms with Gasteiger partial charge < -0.3 is 5.32 Å². The quantitative estimate of drug-likeness (QED) is 0.808. The van der Waals surface area contributed by atoms with E-state index in [0.717, 1.165) is 19.0 Å². The van der Waals surface area contributed by atoms with Crippen molar-refractivity contribution in [1.29, 1.82) is 0 Å². The molecule has 0 aliphatic heterocycles. The highest BCUT2D eigenvalue weighted by Crippen LogP contribution is 2.34. The fourth-order valence-electron chi connectivity index (χ4n) is 3.21. The molecule has 92 valence electrons. The van der Waals surface area contributed by atoms with Crippen LogP contribution < -0.4 is 5.32 Å². The third-order valence-electron chi connectivity index (χ3n) is 4.32. The highest BCUT2D eigenvalue weighted by Gasteiger charge is 2.27. The summed E-state index contributed by atoms with van der Waals surface area (Å²) in [4.78, 5) is 0. The molecule has 1 aromatic rings. The Bertz CT molecular complexity index is 390. The van der Waals surface area contributed by atoms with Crippen molar-refractivity contribution in [3.8, 4) is 0 Å². The van der Waals surface area contributed by atoms with Crippen LogP contribution in [0.2, 0.25) is 0 Å². The van der Waals surface area contributed by atoms with E-state index >= 15 is 0 Å². The van der Waals surface area contributed by atoms with Gasteiger partial charge in [-0.05, 0) is 42.9 Å². The summed E-state index contributed by atoms with van der Waals surface area (Å²) in [7, 11) is 0. The molecule has 2 aliphatic carbocycles. The van der Waals surface area contributed by atoms with Gasteiger partial charge in [0.1, 0.15) is 0 Å². The molecular weight excluding hydrogens is 230 g/mol. The molecular formula is C15H20ClN. The topological polar surface area (TPSA) is 12.0 Å². The molecule has 2 aliphatic rings. The molecule has 17 heavy (non-hydrogen) atoms. The zero-order valence-corrected chi connectivity index (χ0v) is 10.9. The van der Waals surface area contributed by atoms with Gasteiger partial charge in [-0.3, -0.25) is 0 Å². The van der Waals surface area contributed by atoms with E-state index in [4.69, 9.17) is 11.6 Å². The maximum Gasteiger partial charge on any atom is 0.0376 e. The van der Waals surface area contributed by atoms with Crippen LogP contribution in [0.3, 0.4) is 0 Å². The standard InChI is InChI=1S/C15H20ClN/c16-15-7-3-5-12(15)9-17-10-13-8-11-4-1-2-6-14(11)13/h1-2,4,6,12-13,15,17H,3,5,7-10H2. The van der Waals surface area contributed by atoms with Gasteiger partial charge in [0.25, 0.3) is 0 Å².